The fraction of sp³-hybridized carbons (Fsp3) is 0.864. The lowest BCUT2D eigenvalue weighted by atomic mass is 9.75. The van der Waals surface area contributed by atoms with Gasteiger partial charge in [-0.3, -0.25) is 4.79 Å². The number of aryl methyl sites for hydroxylation is 1. The number of nitrogens with one attached hydrogen (secondary N) is 1. The zero-order valence-corrected chi connectivity index (χ0v) is 18.7. The van der Waals surface area contributed by atoms with Gasteiger partial charge in [-0.15, -0.1) is 0 Å². The Labute approximate surface area is 166 Å². The maximum Gasteiger partial charge on any atom is 0.321 e. The number of ketones is 1. The summed E-state index contributed by atoms with van der Waals surface area (Å²) in [5, 5.41) is 7.45. The Balaban J connectivity index is 2.51. The first-order valence-corrected chi connectivity index (χ1v) is 10.8. The smallest absolute Gasteiger partial charge is 0.321 e. The largest absolute Gasteiger partial charge is 0.333 e. The minimum Gasteiger partial charge on any atom is -0.333 e. The zero-order valence-electron chi connectivity index (χ0n) is 18.7. The molecule has 0 radical (unpaired) electrons. The number of rotatable bonds is 14. The molecule has 0 amide bonds. The van der Waals surface area contributed by atoms with Gasteiger partial charge in [-0.05, 0) is 39.5 Å². The SMILES string of the molecule is CCCCCCC(C)(C)Nc1nc(CCC(C)C(=O)C(C)(CC)CC)no1. The second kappa shape index (κ2) is 10.8. The standard InChI is InChI=1S/C22H41N3O2/c1-8-11-12-13-16-21(5,6)24-20-23-18(25-27-20)15-14-17(4)19(26)22(7,9-2)10-3/h17H,8-16H2,1-7H3,(H,23,24,25). The van der Waals surface area contributed by atoms with Crippen LogP contribution in [0.4, 0.5) is 6.01 Å². The van der Waals surface area contributed by atoms with Crippen LogP contribution in [-0.2, 0) is 11.2 Å². The molecule has 1 atom stereocenters. The van der Waals surface area contributed by atoms with E-state index < -0.39 is 0 Å². The number of carbonyl (C=O) groups excluding carboxylic acids is 1. The van der Waals surface area contributed by atoms with E-state index in [2.05, 4.69) is 57.0 Å². The predicted molar refractivity (Wildman–Crippen MR) is 112 cm³/mol. The molecule has 0 saturated carbocycles. The van der Waals surface area contributed by atoms with Crippen LogP contribution in [-0.4, -0.2) is 21.5 Å². The van der Waals surface area contributed by atoms with Crippen LogP contribution in [0.3, 0.4) is 0 Å². The van der Waals surface area contributed by atoms with E-state index in [1.165, 1.54) is 25.7 Å². The summed E-state index contributed by atoms with van der Waals surface area (Å²) in [5.41, 5.74) is -0.282. The molecule has 1 N–H and O–H groups in total. The second-order valence-electron chi connectivity index (χ2n) is 8.91. The van der Waals surface area contributed by atoms with Gasteiger partial charge in [-0.2, -0.15) is 4.98 Å². The molecule has 5 nitrogen and oxygen atoms in total. The molecule has 5 heteroatoms. The highest BCUT2D eigenvalue weighted by atomic mass is 16.5. The van der Waals surface area contributed by atoms with E-state index >= 15 is 0 Å². The number of anilines is 1. The lowest BCUT2D eigenvalue weighted by molar-refractivity contribution is -0.132. The zero-order chi connectivity index (χ0) is 20.5. The topological polar surface area (TPSA) is 68.0 Å². The van der Waals surface area contributed by atoms with Gasteiger partial charge in [-0.25, -0.2) is 0 Å². The average Bonchev–Trinajstić information content (AvgIpc) is 3.08. The first kappa shape index (κ1) is 23.6. The van der Waals surface area contributed by atoms with Gasteiger partial charge < -0.3 is 9.84 Å². The molecule has 0 bridgehead atoms. The monoisotopic (exact) mass is 379 g/mol. The van der Waals surface area contributed by atoms with E-state index in [9.17, 15) is 4.79 Å². The lowest BCUT2D eigenvalue weighted by Crippen LogP contribution is -2.31. The van der Waals surface area contributed by atoms with E-state index in [-0.39, 0.29) is 16.9 Å². The molecule has 0 aliphatic carbocycles. The Kier molecular flexibility index (Phi) is 9.48. The molecule has 156 valence electrons. The van der Waals surface area contributed by atoms with Crippen LogP contribution in [0.2, 0.25) is 0 Å². The molecule has 27 heavy (non-hydrogen) atoms. The molecule has 0 fully saturated rings. The number of hydrogen-bond donors (Lipinski definition) is 1. The second-order valence-corrected chi connectivity index (χ2v) is 8.91. The maximum absolute atomic E-state index is 12.7. The highest BCUT2D eigenvalue weighted by molar-refractivity contribution is 5.86. The summed E-state index contributed by atoms with van der Waals surface area (Å²) in [6.45, 7) is 14.8. The molecule has 1 rings (SSSR count). The molecule has 1 heterocycles. The van der Waals surface area contributed by atoms with E-state index in [0.717, 1.165) is 25.7 Å². The first-order chi connectivity index (χ1) is 12.7. The fourth-order valence-corrected chi connectivity index (χ4v) is 3.42. The van der Waals surface area contributed by atoms with E-state index in [0.29, 0.717) is 24.0 Å². The van der Waals surface area contributed by atoms with Crippen molar-refractivity contribution in [3.8, 4) is 0 Å². The van der Waals surface area contributed by atoms with Gasteiger partial charge in [0, 0.05) is 23.3 Å². The summed E-state index contributed by atoms with van der Waals surface area (Å²) in [5.74, 6) is 1.04. The van der Waals surface area contributed by atoms with Crippen LogP contribution < -0.4 is 5.32 Å². The van der Waals surface area contributed by atoms with Crippen molar-refractivity contribution in [1.82, 2.24) is 10.1 Å². The molecule has 1 unspecified atom stereocenters. The van der Waals surface area contributed by atoms with E-state index in [1.807, 2.05) is 6.92 Å². The van der Waals surface area contributed by atoms with Gasteiger partial charge in [-0.1, -0.05) is 65.5 Å². The average molecular weight is 380 g/mol. The highest BCUT2D eigenvalue weighted by Crippen LogP contribution is 2.31. The molecule has 0 aliphatic rings. The van der Waals surface area contributed by atoms with Gasteiger partial charge in [0.1, 0.15) is 5.78 Å². The van der Waals surface area contributed by atoms with Crippen molar-refractivity contribution < 1.29 is 9.32 Å². The van der Waals surface area contributed by atoms with Gasteiger partial charge >= 0.3 is 6.01 Å². The summed E-state index contributed by atoms with van der Waals surface area (Å²) in [6.07, 6.45) is 9.26. The maximum atomic E-state index is 12.7. The van der Waals surface area contributed by atoms with Crippen molar-refractivity contribution >= 4 is 11.8 Å². The van der Waals surface area contributed by atoms with Crippen LogP contribution in [0.25, 0.3) is 0 Å². The third-order valence-electron chi connectivity index (χ3n) is 5.97. The third-order valence-corrected chi connectivity index (χ3v) is 5.97. The Bertz CT molecular complexity index is 562. The minimum absolute atomic E-state index is 0.0137. The van der Waals surface area contributed by atoms with Crippen LogP contribution in [0, 0.1) is 11.3 Å². The van der Waals surface area contributed by atoms with Gasteiger partial charge in [0.2, 0.25) is 0 Å². The number of aromatic nitrogens is 2. The highest BCUT2D eigenvalue weighted by Gasteiger charge is 2.32. The molecule has 0 aliphatic heterocycles. The Morgan fingerprint density at radius 2 is 1.78 bits per heavy atom. The quantitative estimate of drug-likeness (QED) is 0.390. The van der Waals surface area contributed by atoms with E-state index in [4.69, 9.17) is 4.52 Å². The lowest BCUT2D eigenvalue weighted by Gasteiger charge is -2.28. The first-order valence-electron chi connectivity index (χ1n) is 10.8. The van der Waals surface area contributed by atoms with Gasteiger partial charge in [0.15, 0.2) is 5.82 Å². The normalized spacial score (nSPS) is 13.6. The molecule has 0 saturated heterocycles. The van der Waals surface area contributed by atoms with Crippen LogP contribution in [0.5, 0.6) is 0 Å². The van der Waals surface area contributed by atoms with Crippen molar-refractivity contribution in [2.24, 2.45) is 11.3 Å². The molecule has 1 aromatic heterocycles. The van der Waals surface area contributed by atoms with Gasteiger partial charge in [0.05, 0.1) is 0 Å². The number of nitrogens with zero attached hydrogens (tertiary/aromatic N) is 2. The molecule has 0 spiro atoms. The number of carbonyl (C=O) groups is 1. The predicted octanol–water partition coefficient (Wildman–Crippen LogP) is 6.19. The van der Waals surface area contributed by atoms with Crippen molar-refractivity contribution in [2.45, 2.75) is 112 Å². The van der Waals surface area contributed by atoms with Gasteiger partial charge in [0.25, 0.3) is 0 Å². The van der Waals surface area contributed by atoms with E-state index in [1.54, 1.807) is 0 Å². The van der Waals surface area contributed by atoms with Crippen LogP contribution in [0.1, 0.15) is 106 Å². The molecular weight excluding hydrogens is 338 g/mol. The Hall–Kier alpha value is -1.39. The third kappa shape index (κ3) is 7.63. The number of unbranched alkanes of at least 4 members (excludes halogenated alkanes) is 3. The summed E-state index contributed by atoms with van der Waals surface area (Å²) < 4.78 is 5.37. The summed E-state index contributed by atoms with van der Waals surface area (Å²) >= 11 is 0. The Morgan fingerprint density at radius 3 is 2.37 bits per heavy atom. The minimum atomic E-state index is -0.217. The summed E-state index contributed by atoms with van der Waals surface area (Å²) in [4.78, 5) is 17.2. The number of Topliss-reactive ketones (excluding diaryl/α,β-unsaturated/α-hetero) is 1. The fourth-order valence-electron chi connectivity index (χ4n) is 3.42. The summed E-state index contributed by atoms with van der Waals surface area (Å²) in [6, 6.07) is 0.483. The van der Waals surface area contributed by atoms with Crippen molar-refractivity contribution in [3.63, 3.8) is 0 Å². The van der Waals surface area contributed by atoms with Crippen LogP contribution >= 0.6 is 0 Å². The molecule has 0 aromatic carbocycles. The van der Waals surface area contributed by atoms with Crippen molar-refractivity contribution in [2.75, 3.05) is 5.32 Å². The number of hydrogen-bond acceptors (Lipinski definition) is 5. The molecular formula is C22H41N3O2. The molecule has 1 aromatic rings. The summed E-state index contributed by atoms with van der Waals surface area (Å²) in [7, 11) is 0. The Morgan fingerprint density at radius 1 is 1.11 bits per heavy atom. The van der Waals surface area contributed by atoms with Crippen molar-refractivity contribution in [1.29, 1.82) is 0 Å². The van der Waals surface area contributed by atoms with Crippen molar-refractivity contribution in [3.05, 3.63) is 5.82 Å². The van der Waals surface area contributed by atoms with Crippen LogP contribution in [0.15, 0.2) is 4.52 Å².